The van der Waals surface area contributed by atoms with Gasteiger partial charge in [0.25, 0.3) is 5.91 Å². The summed E-state index contributed by atoms with van der Waals surface area (Å²) in [4.78, 5) is 20.1. The summed E-state index contributed by atoms with van der Waals surface area (Å²) in [5.74, 6) is 0.806. The van der Waals surface area contributed by atoms with Crippen molar-refractivity contribution in [2.24, 2.45) is 4.99 Å². The molecule has 0 fully saturated rings. The van der Waals surface area contributed by atoms with Crippen molar-refractivity contribution < 1.29 is 9.53 Å². The van der Waals surface area contributed by atoms with Gasteiger partial charge in [-0.25, -0.2) is 0 Å². The minimum Gasteiger partial charge on any atom is -0.383 e. The van der Waals surface area contributed by atoms with Crippen molar-refractivity contribution in [2.45, 2.75) is 6.42 Å². The van der Waals surface area contributed by atoms with Crippen molar-refractivity contribution in [3.05, 3.63) is 35.4 Å². The molecule has 0 aliphatic heterocycles. The average molecular weight is 364 g/mol. The average Bonchev–Trinajstić information content (AvgIpc) is 2.64. The molecule has 0 aliphatic carbocycles. The third kappa shape index (κ3) is 8.31. The number of rotatable bonds is 10. The predicted octanol–water partition coefficient (Wildman–Crippen LogP) is 0.674. The van der Waals surface area contributed by atoms with E-state index < -0.39 is 0 Å². The second kappa shape index (κ2) is 12.3. The van der Waals surface area contributed by atoms with Gasteiger partial charge in [-0.05, 0) is 31.2 Å². The van der Waals surface area contributed by atoms with E-state index in [0.717, 1.165) is 50.7 Å². The second-order valence-electron chi connectivity index (χ2n) is 6.37. The SMILES string of the molecule is CN=C(NCCc1cccc(C(=O)N(C)C)c1)NCCN(C)CCOC. The minimum atomic E-state index is 0.0230. The summed E-state index contributed by atoms with van der Waals surface area (Å²) >= 11 is 0. The Labute approximate surface area is 157 Å². The molecule has 0 aliphatic rings. The van der Waals surface area contributed by atoms with Crippen molar-refractivity contribution in [1.29, 1.82) is 0 Å². The van der Waals surface area contributed by atoms with Crippen LogP contribution in [0.25, 0.3) is 0 Å². The molecule has 0 unspecified atom stereocenters. The maximum Gasteiger partial charge on any atom is 0.253 e. The largest absolute Gasteiger partial charge is 0.383 e. The molecule has 1 aromatic rings. The number of carbonyl (C=O) groups excluding carboxylic acids is 1. The highest BCUT2D eigenvalue weighted by Gasteiger charge is 2.08. The summed E-state index contributed by atoms with van der Waals surface area (Å²) in [5, 5.41) is 6.61. The van der Waals surface area contributed by atoms with Crippen molar-refractivity contribution in [2.75, 3.05) is 68.1 Å². The highest BCUT2D eigenvalue weighted by Crippen LogP contribution is 2.07. The molecule has 1 aromatic carbocycles. The number of hydrogen-bond donors (Lipinski definition) is 2. The smallest absolute Gasteiger partial charge is 0.253 e. The number of benzene rings is 1. The van der Waals surface area contributed by atoms with Gasteiger partial charge in [0.15, 0.2) is 5.96 Å². The van der Waals surface area contributed by atoms with Crippen LogP contribution in [0.5, 0.6) is 0 Å². The first-order valence-corrected chi connectivity index (χ1v) is 8.90. The molecule has 0 aromatic heterocycles. The Kier molecular flexibility index (Phi) is 10.3. The van der Waals surface area contributed by atoms with E-state index in [2.05, 4.69) is 27.6 Å². The molecule has 26 heavy (non-hydrogen) atoms. The van der Waals surface area contributed by atoms with Gasteiger partial charge in [0.1, 0.15) is 0 Å². The van der Waals surface area contributed by atoms with Crippen LogP contribution in [0, 0.1) is 0 Å². The lowest BCUT2D eigenvalue weighted by molar-refractivity contribution is 0.0827. The molecule has 0 saturated carbocycles. The number of amides is 1. The molecule has 0 bridgehead atoms. The van der Waals surface area contributed by atoms with Crippen LogP contribution in [0.4, 0.5) is 0 Å². The molecule has 146 valence electrons. The topological polar surface area (TPSA) is 69.2 Å². The summed E-state index contributed by atoms with van der Waals surface area (Å²) in [7, 11) is 9.07. The molecule has 2 N–H and O–H groups in total. The van der Waals surface area contributed by atoms with Crippen LogP contribution in [0.3, 0.4) is 0 Å². The van der Waals surface area contributed by atoms with E-state index in [4.69, 9.17) is 4.74 Å². The third-order valence-corrected chi connectivity index (χ3v) is 3.97. The summed E-state index contributed by atoms with van der Waals surface area (Å²) in [6, 6.07) is 7.76. The molecule has 0 radical (unpaired) electrons. The van der Waals surface area contributed by atoms with Gasteiger partial charge in [0, 0.05) is 60.0 Å². The molecular formula is C19H33N5O2. The Bertz CT molecular complexity index is 575. The van der Waals surface area contributed by atoms with Crippen LogP contribution < -0.4 is 10.6 Å². The molecule has 0 atom stereocenters. The highest BCUT2D eigenvalue weighted by molar-refractivity contribution is 5.94. The second-order valence-corrected chi connectivity index (χ2v) is 6.37. The van der Waals surface area contributed by atoms with Crippen LogP contribution in [0.2, 0.25) is 0 Å². The molecule has 7 nitrogen and oxygen atoms in total. The maximum atomic E-state index is 12.0. The van der Waals surface area contributed by atoms with Gasteiger partial charge in [0.05, 0.1) is 6.61 Å². The molecule has 7 heteroatoms. The summed E-state index contributed by atoms with van der Waals surface area (Å²) in [5.41, 5.74) is 1.84. The molecule has 1 amide bonds. The Hall–Kier alpha value is -2.12. The number of likely N-dealkylation sites (N-methyl/N-ethyl adjacent to an activating group) is 1. The van der Waals surface area contributed by atoms with Crippen molar-refractivity contribution >= 4 is 11.9 Å². The lowest BCUT2D eigenvalue weighted by Crippen LogP contribution is -2.42. The molecule has 0 saturated heterocycles. The van der Waals surface area contributed by atoms with Crippen molar-refractivity contribution in [1.82, 2.24) is 20.4 Å². The standard InChI is InChI=1S/C19H33N5O2/c1-20-19(22-11-12-24(4)13-14-26-5)21-10-9-16-7-6-8-17(15-16)18(25)23(2)3/h6-8,15H,9-14H2,1-5H3,(H2,20,21,22). The lowest BCUT2D eigenvalue weighted by atomic mass is 10.1. The van der Waals surface area contributed by atoms with Crippen molar-refractivity contribution in [3.63, 3.8) is 0 Å². The van der Waals surface area contributed by atoms with E-state index in [1.165, 1.54) is 0 Å². The van der Waals surface area contributed by atoms with Gasteiger partial charge in [-0.15, -0.1) is 0 Å². The van der Waals surface area contributed by atoms with Crippen LogP contribution in [0.1, 0.15) is 15.9 Å². The first-order chi connectivity index (χ1) is 12.5. The van der Waals surface area contributed by atoms with Gasteiger partial charge in [-0.2, -0.15) is 0 Å². The zero-order chi connectivity index (χ0) is 19.4. The highest BCUT2D eigenvalue weighted by atomic mass is 16.5. The molecule has 1 rings (SSSR count). The predicted molar refractivity (Wildman–Crippen MR) is 107 cm³/mol. The Morgan fingerprint density at radius 1 is 1.15 bits per heavy atom. The molecule has 0 spiro atoms. The van der Waals surface area contributed by atoms with Gasteiger partial charge < -0.3 is 25.2 Å². The Morgan fingerprint density at radius 3 is 2.54 bits per heavy atom. The summed E-state index contributed by atoms with van der Waals surface area (Å²) < 4.78 is 5.07. The van der Waals surface area contributed by atoms with E-state index in [-0.39, 0.29) is 5.91 Å². The number of methoxy groups -OCH3 is 1. The Morgan fingerprint density at radius 2 is 1.88 bits per heavy atom. The number of nitrogens with one attached hydrogen (secondary N) is 2. The van der Waals surface area contributed by atoms with E-state index in [1.807, 2.05) is 24.3 Å². The van der Waals surface area contributed by atoms with Crippen LogP contribution >= 0.6 is 0 Å². The molecule has 0 heterocycles. The fraction of sp³-hybridized carbons (Fsp3) is 0.579. The summed E-state index contributed by atoms with van der Waals surface area (Å²) in [6.07, 6.45) is 0.822. The number of aliphatic imine (C=N–C) groups is 1. The monoisotopic (exact) mass is 363 g/mol. The number of hydrogen-bond acceptors (Lipinski definition) is 4. The van der Waals surface area contributed by atoms with E-state index in [9.17, 15) is 4.79 Å². The zero-order valence-electron chi connectivity index (χ0n) is 16.7. The van der Waals surface area contributed by atoms with Crippen LogP contribution in [-0.4, -0.2) is 89.8 Å². The first kappa shape index (κ1) is 21.9. The van der Waals surface area contributed by atoms with Crippen molar-refractivity contribution in [3.8, 4) is 0 Å². The third-order valence-electron chi connectivity index (χ3n) is 3.97. The van der Waals surface area contributed by atoms with Gasteiger partial charge in [0.2, 0.25) is 0 Å². The van der Waals surface area contributed by atoms with Gasteiger partial charge in [-0.3, -0.25) is 9.79 Å². The molecular weight excluding hydrogens is 330 g/mol. The number of nitrogens with zero attached hydrogens (tertiary/aromatic N) is 3. The first-order valence-electron chi connectivity index (χ1n) is 8.90. The number of ether oxygens (including phenoxy) is 1. The van der Waals surface area contributed by atoms with E-state index >= 15 is 0 Å². The normalized spacial score (nSPS) is 11.5. The summed E-state index contributed by atoms with van der Waals surface area (Å²) in [6.45, 7) is 4.12. The van der Waals surface area contributed by atoms with E-state index in [1.54, 1.807) is 33.2 Å². The fourth-order valence-electron chi connectivity index (χ4n) is 2.39. The van der Waals surface area contributed by atoms with E-state index in [0.29, 0.717) is 5.56 Å². The van der Waals surface area contributed by atoms with Gasteiger partial charge in [-0.1, -0.05) is 12.1 Å². The number of carbonyl (C=O) groups is 1. The van der Waals surface area contributed by atoms with Crippen LogP contribution in [-0.2, 0) is 11.2 Å². The number of guanidine groups is 1. The fourth-order valence-corrected chi connectivity index (χ4v) is 2.39. The lowest BCUT2D eigenvalue weighted by Gasteiger charge is -2.18. The van der Waals surface area contributed by atoms with Crippen LogP contribution in [0.15, 0.2) is 29.3 Å². The maximum absolute atomic E-state index is 12.0. The minimum absolute atomic E-state index is 0.0230. The Balaban J connectivity index is 2.36. The zero-order valence-corrected chi connectivity index (χ0v) is 16.7. The quantitative estimate of drug-likeness (QED) is 0.472. The van der Waals surface area contributed by atoms with Gasteiger partial charge >= 0.3 is 0 Å².